The van der Waals surface area contributed by atoms with Gasteiger partial charge in [-0.05, 0) is 50.4 Å². The summed E-state index contributed by atoms with van der Waals surface area (Å²) in [6, 6.07) is 8.31. The summed E-state index contributed by atoms with van der Waals surface area (Å²) in [4.78, 5) is 19.0. The third-order valence-electron chi connectivity index (χ3n) is 5.07. The van der Waals surface area contributed by atoms with Gasteiger partial charge in [0.15, 0.2) is 0 Å². The minimum atomic E-state index is -0.313. The van der Waals surface area contributed by atoms with Gasteiger partial charge >= 0.3 is 0 Å². The first kappa shape index (κ1) is 16.3. The zero-order chi connectivity index (χ0) is 17.1. The summed E-state index contributed by atoms with van der Waals surface area (Å²) in [5, 5.41) is 6.97. The Morgan fingerprint density at radius 3 is 2.92 bits per heavy atom. The van der Waals surface area contributed by atoms with Gasteiger partial charge in [-0.3, -0.25) is 9.69 Å². The van der Waals surface area contributed by atoms with E-state index < -0.39 is 0 Å². The molecule has 0 spiro atoms. The average Bonchev–Trinajstić information content (AvgIpc) is 3.13. The summed E-state index contributed by atoms with van der Waals surface area (Å²) in [6.07, 6.45) is 5.63. The maximum Gasteiger partial charge on any atom is 0.239 e. The van der Waals surface area contributed by atoms with Crippen LogP contribution in [-0.2, 0) is 11.3 Å². The fourth-order valence-corrected chi connectivity index (χ4v) is 3.69. The summed E-state index contributed by atoms with van der Waals surface area (Å²) in [5.41, 5.74) is 2.21. The van der Waals surface area contributed by atoms with Gasteiger partial charge in [-0.2, -0.15) is 4.98 Å². The Balaban J connectivity index is 1.50. The molecule has 0 saturated carbocycles. The van der Waals surface area contributed by atoms with E-state index >= 15 is 0 Å². The highest BCUT2D eigenvalue weighted by molar-refractivity contribution is 5.83. The normalized spacial score (nSPS) is 21.9. The second-order valence-electron chi connectivity index (χ2n) is 6.98. The van der Waals surface area contributed by atoms with E-state index in [1.54, 1.807) is 0 Å². The van der Waals surface area contributed by atoms with Crippen molar-refractivity contribution in [2.75, 3.05) is 19.6 Å². The highest BCUT2D eigenvalue weighted by Gasteiger charge is 2.29. The quantitative estimate of drug-likeness (QED) is 0.926. The van der Waals surface area contributed by atoms with E-state index in [2.05, 4.69) is 32.5 Å². The second kappa shape index (κ2) is 7.35. The Kier molecular flexibility index (Phi) is 4.78. The molecule has 2 aliphatic rings. The predicted molar refractivity (Wildman–Crippen MR) is 93.8 cm³/mol. The molecule has 6 heteroatoms. The van der Waals surface area contributed by atoms with E-state index in [4.69, 9.17) is 4.52 Å². The molecule has 25 heavy (non-hydrogen) atoms. The van der Waals surface area contributed by atoms with Crippen molar-refractivity contribution >= 4 is 5.91 Å². The van der Waals surface area contributed by atoms with E-state index in [9.17, 15) is 4.79 Å². The Bertz CT molecular complexity index is 737. The lowest BCUT2D eigenvalue weighted by molar-refractivity contribution is -0.124. The molecule has 1 unspecified atom stereocenters. The second-order valence-corrected chi connectivity index (χ2v) is 6.98. The zero-order valence-electron chi connectivity index (χ0n) is 14.4. The van der Waals surface area contributed by atoms with Crippen LogP contribution in [0.2, 0.25) is 0 Å². The third kappa shape index (κ3) is 3.74. The molecule has 0 radical (unpaired) electrons. The molecule has 0 aliphatic carbocycles. The lowest BCUT2D eigenvalue weighted by Crippen LogP contribution is -2.35. The summed E-state index contributed by atoms with van der Waals surface area (Å²) in [7, 11) is 0. The summed E-state index contributed by atoms with van der Waals surface area (Å²) in [5.74, 6) is 0.661. The zero-order valence-corrected chi connectivity index (χ0v) is 14.4. The van der Waals surface area contributed by atoms with Crippen LogP contribution < -0.4 is 5.32 Å². The fourth-order valence-electron chi connectivity index (χ4n) is 3.69. The number of aromatic nitrogens is 2. The van der Waals surface area contributed by atoms with Gasteiger partial charge < -0.3 is 9.84 Å². The van der Waals surface area contributed by atoms with Crippen LogP contribution in [0, 0.1) is 0 Å². The van der Waals surface area contributed by atoms with E-state index in [0.29, 0.717) is 11.7 Å². The van der Waals surface area contributed by atoms with Gasteiger partial charge in [0, 0.05) is 18.7 Å². The Morgan fingerprint density at radius 1 is 1.20 bits per heavy atom. The molecule has 4 rings (SSSR count). The molecular formula is C19H24N4O2. The Labute approximate surface area is 147 Å². The molecule has 1 amide bonds. The molecule has 0 bridgehead atoms. The standard InChI is InChI=1S/C19H24N4O2/c24-18-16(8-5-9-20-18)19-21-17(22-25-19)15-7-4-6-14(12-15)13-23-10-2-1-3-11-23/h4,6-7,12,16H,1-3,5,8-11,13H2,(H,20,24). The molecule has 3 heterocycles. The number of piperidine rings is 2. The number of hydrogen-bond acceptors (Lipinski definition) is 5. The lowest BCUT2D eigenvalue weighted by Gasteiger charge is -2.26. The van der Waals surface area contributed by atoms with Gasteiger partial charge in [0.1, 0.15) is 5.92 Å². The first-order valence-electron chi connectivity index (χ1n) is 9.22. The van der Waals surface area contributed by atoms with Gasteiger partial charge in [0.05, 0.1) is 0 Å². The van der Waals surface area contributed by atoms with E-state index in [0.717, 1.165) is 31.5 Å². The van der Waals surface area contributed by atoms with Crippen LogP contribution >= 0.6 is 0 Å². The Morgan fingerprint density at radius 2 is 2.08 bits per heavy atom. The predicted octanol–water partition coefficient (Wildman–Crippen LogP) is 2.72. The molecule has 1 aromatic heterocycles. The molecule has 2 aliphatic heterocycles. The number of rotatable bonds is 4. The number of carbonyl (C=O) groups excluding carboxylic acids is 1. The SMILES string of the molecule is O=C1NCCCC1c1nc(-c2cccc(CN3CCCCC3)c2)no1. The maximum atomic E-state index is 12.0. The average molecular weight is 340 g/mol. The van der Waals surface area contributed by atoms with Crippen LogP contribution in [0.5, 0.6) is 0 Å². The van der Waals surface area contributed by atoms with E-state index in [1.165, 1.54) is 37.9 Å². The van der Waals surface area contributed by atoms with Crippen molar-refractivity contribution < 1.29 is 9.32 Å². The van der Waals surface area contributed by atoms with Crippen LogP contribution in [-0.4, -0.2) is 40.6 Å². The first-order chi connectivity index (χ1) is 12.3. The number of likely N-dealkylation sites (tertiary alicyclic amines) is 1. The summed E-state index contributed by atoms with van der Waals surface area (Å²) in [6.45, 7) is 4.04. The number of carbonyl (C=O) groups is 1. The van der Waals surface area contributed by atoms with Gasteiger partial charge in [0.2, 0.25) is 17.6 Å². The Hall–Kier alpha value is -2.21. The molecular weight excluding hydrogens is 316 g/mol. The van der Waals surface area contributed by atoms with Crippen molar-refractivity contribution in [1.29, 1.82) is 0 Å². The summed E-state index contributed by atoms with van der Waals surface area (Å²) >= 11 is 0. The number of amides is 1. The van der Waals surface area contributed by atoms with Crippen molar-refractivity contribution in [1.82, 2.24) is 20.4 Å². The van der Waals surface area contributed by atoms with Gasteiger partial charge in [0.25, 0.3) is 0 Å². The van der Waals surface area contributed by atoms with Gasteiger partial charge in [-0.25, -0.2) is 0 Å². The molecule has 2 saturated heterocycles. The first-order valence-corrected chi connectivity index (χ1v) is 9.22. The van der Waals surface area contributed by atoms with Crippen LogP contribution in [0.15, 0.2) is 28.8 Å². The molecule has 6 nitrogen and oxygen atoms in total. The molecule has 1 atom stereocenters. The topological polar surface area (TPSA) is 71.3 Å². The molecule has 2 aromatic rings. The highest BCUT2D eigenvalue weighted by atomic mass is 16.5. The largest absolute Gasteiger partial charge is 0.355 e. The number of hydrogen-bond donors (Lipinski definition) is 1. The minimum Gasteiger partial charge on any atom is -0.355 e. The fraction of sp³-hybridized carbons (Fsp3) is 0.526. The molecule has 2 fully saturated rings. The number of benzene rings is 1. The van der Waals surface area contributed by atoms with Crippen molar-refractivity contribution in [3.8, 4) is 11.4 Å². The van der Waals surface area contributed by atoms with Gasteiger partial charge in [-0.15, -0.1) is 0 Å². The number of nitrogens with one attached hydrogen (secondary N) is 1. The van der Waals surface area contributed by atoms with Crippen LogP contribution in [0.1, 0.15) is 49.5 Å². The smallest absolute Gasteiger partial charge is 0.239 e. The van der Waals surface area contributed by atoms with Crippen molar-refractivity contribution in [3.05, 3.63) is 35.7 Å². The summed E-state index contributed by atoms with van der Waals surface area (Å²) < 4.78 is 5.39. The number of nitrogens with zero attached hydrogens (tertiary/aromatic N) is 3. The van der Waals surface area contributed by atoms with Crippen LogP contribution in [0.3, 0.4) is 0 Å². The van der Waals surface area contributed by atoms with Crippen molar-refractivity contribution in [2.45, 2.75) is 44.6 Å². The van der Waals surface area contributed by atoms with Crippen molar-refractivity contribution in [2.24, 2.45) is 0 Å². The van der Waals surface area contributed by atoms with E-state index in [1.807, 2.05) is 12.1 Å². The lowest BCUT2D eigenvalue weighted by atomic mass is 9.99. The van der Waals surface area contributed by atoms with Crippen molar-refractivity contribution in [3.63, 3.8) is 0 Å². The monoisotopic (exact) mass is 340 g/mol. The highest BCUT2D eigenvalue weighted by Crippen LogP contribution is 2.26. The molecule has 1 N–H and O–H groups in total. The van der Waals surface area contributed by atoms with Crippen LogP contribution in [0.4, 0.5) is 0 Å². The van der Waals surface area contributed by atoms with Gasteiger partial charge in [-0.1, -0.05) is 29.8 Å². The third-order valence-corrected chi connectivity index (χ3v) is 5.07. The van der Waals surface area contributed by atoms with E-state index in [-0.39, 0.29) is 11.8 Å². The minimum absolute atomic E-state index is 0.0136. The molecule has 1 aromatic carbocycles. The molecule has 132 valence electrons. The maximum absolute atomic E-state index is 12.0. The van der Waals surface area contributed by atoms with Crippen LogP contribution in [0.25, 0.3) is 11.4 Å².